The fourth-order valence-corrected chi connectivity index (χ4v) is 2.46. The SMILES string of the molecule is Cn1ccnc1S.O=C(O)C(Cc1ccc(O)cc1)N(I)I. The molecule has 0 amide bonds. The van der Waals surface area contributed by atoms with Gasteiger partial charge in [0.1, 0.15) is 11.8 Å². The predicted molar refractivity (Wildman–Crippen MR) is 104 cm³/mol. The number of aliphatic carboxylic acids is 1. The summed E-state index contributed by atoms with van der Waals surface area (Å²) in [6, 6.07) is 6.00. The first-order valence-corrected chi connectivity index (χ1v) is 8.46. The smallest absolute Gasteiger partial charge is 0.322 e. The molecular formula is C13H15I2N3O3S. The topological polar surface area (TPSA) is 78.6 Å². The Morgan fingerprint density at radius 1 is 1.41 bits per heavy atom. The number of hydrogen-bond donors (Lipinski definition) is 3. The first-order valence-electron chi connectivity index (χ1n) is 6.09. The summed E-state index contributed by atoms with van der Waals surface area (Å²) < 4.78 is 3.44. The first kappa shape index (κ1) is 19.5. The van der Waals surface area contributed by atoms with Gasteiger partial charge in [-0.3, -0.25) is 4.79 Å². The minimum Gasteiger partial charge on any atom is -0.508 e. The second-order valence-corrected chi connectivity index (χ2v) is 8.65. The summed E-state index contributed by atoms with van der Waals surface area (Å²) in [4.78, 5) is 14.8. The zero-order valence-corrected chi connectivity index (χ0v) is 16.8. The largest absolute Gasteiger partial charge is 0.508 e. The highest BCUT2D eigenvalue weighted by Gasteiger charge is 2.22. The molecule has 0 radical (unpaired) electrons. The molecule has 2 rings (SSSR count). The number of carbonyl (C=O) groups is 1. The lowest BCUT2D eigenvalue weighted by Crippen LogP contribution is -2.30. The number of hydrogen-bond acceptors (Lipinski definition) is 5. The Labute approximate surface area is 161 Å². The lowest BCUT2D eigenvalue weighted by molar-refractivity contribution is -0.139. The van der Waals surface area contributed by atoms with E-state index in [4.69, 9.17) is 10.2 Å². The van der Waals surface area contributed by atoms with Gasteiger partial charge in [-0.25, -0.2) is 4.98 Å². The van der Waals surface area contributed by atoms with Gasteiger partial charge in [-0.1, -0.05) is 12.1 Å². The van der Waals surface area contributed by atoms with Crippen LogP contribution in [0.25, 0.3) is 0 Å². The monoisotopic (exact) mass is 547 g/mol. The average molecular weight is 547 g/mol. The highest BCUT2D eigenvalue weighted by Crippen LogP contribution is 2.19. The molecule has 0 saturated carbocycles. The third-order valence-electron chi connectivity index (χ3n) is 2.68. The summed E-state index contributed by atoms with van der Waals surface area (Å²) in [5.74, 6) is -0.668. The van der Waals surface area contributed by atoms with E-state index in [9.17, 15) is 4.79 Å². The van der Waals surface area contributed by atoms with E-state index in [1.807, 2.05) is 63.5 Å². The van der Waals surface area contributed by atoms with Crippen molar-refractivity contribution in [2.45, 2.75) is 17.6 Å². The van der Waals surface area contributed by atoms with Gasteiger partial charge in [0.15, 0.2) is 5.16 Å². The molecule has 0 aliphatic heterocycles. The number of aromatic nitrogens is 2. The maximum absolute atomic E-state index is 10.9. The molecule has 0 fully saturated rings. The van der Waals surface area contributed by atoms with Gasteiger partial charge in [0.05, 0.1) is 0 Å². The number of carboxylic acid groups (broad SMARTS) is 1. The van der Waals surface area contributed by atoms with Crippen LogP contribution in [0, 0.1) is 0 Å². The van der Waals surface area contributed by atoms with E-state index in [-0.39, 0.29) is 5.75 Å². The average Bonchev–Trinajstić information content (AvgIpc) is 2.82. The van der Waals surface area contributed by atoms with Gasteiger partial charge in [0.25, 0.3) is 0 Å². The Morgan fingerprint density at radius 3 is 2.32 bits per heavy atom. The summed E-state index contributed by atoms with van der Waals surface area (Å²) >= 11 is 7.89. The molecule has 1 atom stereocenters. The van der Waals surface area contributed by atoms with Crippen molar-refractivity contribution in [3.8, 4) is 5.75 Å². The Hall–Kier alpha value is -0.530. The number of thiol groups is 1. The van der Waals surface area contributed by atoms with Crippen LogP contribution in [0.1, 0.15) is 5.56 Å². The van der Waals surface area contributed by atoms with Crippen molar-refractivity contribution in [1.29, 1.82) is 0 Å². The molecule has 1 aromatic heterocycles. The molecule has 0 saturated heterocycles. The summed E-state index contributed by atoms with van der Waals surface area (Å²) in [5.41, 5.74) is 0.888. The van der Waals surface area contributed by atoms with E-state index in [1.54, 1.807) is 31.8 Å². The maximum Gasteiger partial charge on any atom is 0.322 e. The number of aryl methyl sites for hydroxylation is 1. The standard InChI is InChI=1S/C9H9I2NO3.C4H6N2S/c10-12(11)8(9(14)15)5-6-1-3-7(13)4-2-6;1-6-3-2-5-4(6)7/h1-4,8,13H,5H2,(H,14,15);2-3H,1H3,(H,5,7). The van der Waals surface area contributed by atoms with Crippen LogP contribution in [0.15, 0.2) is 41.8 Å². The van der Waals surface area contributed by atoms with E-state index in [1.165, 1.54) is 0 Å². The Balaban J connectivity index is 0.000000287. The second kappa shape index (κ2) is 9.57. The zero-order valence-electron chi connectivity index (χ0n) is 11.6. The van der Waals surface area contributed by atoms with Crippen molar-refractivity contribution in [3.05, 3.63) is 42.2 Å². The van der Waals surface area contributed by atoms with Crippen molar-refractivity contribution >= 4 is 64.3 Å². The van der Waals surface area contributed by atoms with Crippen molar-refractivity contribution < 1.29 is 15.0 Å². The Morgan fingerprint density at radius 2 is 2.00 bits per heavy atom. The number of phenolic OH excluding ortho intramolecular Hbond substituents is 1. The van der Waals surface area contributed by atoms with Gasteiger partial charge in [0, 0.05) is 71.6 Å². The van der Waals surface area contributed by atoms with Gasteiger partial charge in [0.2, 0.25) is 0 Å². The molecule has 0 aliphatic carbocycles. The summed E-state index contributed by atoms with van der Waals surface area (Å²) in [7, 11) is 1.90. The fraction of sp³-hybridized carbons (Fsp3) is 0.231. The zero-order chi connectivity index (χ0) is 16.7. The summed E-state index contributed by atoms with van der Waals surface area (Å²) in [5, 5.41) is 18.8. The molecule has 0 spiro atoms. The summed E-state index contributed by atoms with van der Waals surface area (Å²) in [6.45, 7) is 0. The molecule has 6 nitrogen and oxygen atoms in total. The van der Waals surface area contributed by atoms with Crippen molar-refractivity contribution in [3.63, 3.8) is 0 Å². The van der Waals surface area contributed by atoms with E-state index in [0.717, 1.165) is 10.7 Å². The highest BCUT2D eigenvalue weighted by atomic mass is 127. The van der Waals surface area contributed by atoms with Gasteiger partial charge in [-0.05, 0) is 17.7 Å². The minimum atomic E-state index is -0.855. The van der Waals surface area contributed by atoms with Crippen LogP contribution in [0.5, 0.6) is 5.75 Å². The second-order valence-electron chi connectivity index (χ2n) is 4.32. The van der Waals surface area contributed by atoms with Crippen molar-refractivity contribution in [1.82, 2.24) is 10.9 Å². The number of rotatable bonds is 4. The van der Waals surface area contributed by atoms with Crippen LogP contribution in [0.3, 0.4) is 0 Å². The van der Waals surface area contributed by atoms with Gasteiger partial charge >= 0.3 is 5.97 Å². The Bertz CT molecular complexity index is 588. The van der Waals surface area contributed by atoms with Crippen molar-refractivity contribution in [2.75, 3.05) is 0 Å². The quantitative estimate of drug-likeness (QED) is 0.312. The molecular weight excluding hydrogens is 532 g/mol. The molecule has 9 heteroatoms. The molecule has 0 aliphatic rings. The number of aromatic hydroxyl groups is 1. The number of carboxylic acids is 1. The van der Waals surface area contributed by atoms with Crippen LogP contribution >= 0.6 is 58.4 Å². The first-order chi connectivity index (χ1) is 10.3. The van der Waals surface area contributed by atoms with Crippen LogP contribution in [-0.2, 0) is 18.3 Å². The van der Waals surface area contributed by atoms with Crippen LogP contribution in [0.4, 0.5) is 0 Å². The van der Waals surface area contributed by atoms with E-state index < -0.39 is 12.0 Å². The predicted octanol–water partition coefficient (Wildman–Crippen LogP) is 3.10. The van der Waals surface area contributed by atoms with Gasteiger partial charge < -0.3 is 14.8 Å². The number of imidazole rings is 1. The third kappa shape index (κ3) is 6.71. The van der Waals surface area contributed by atoms with Crippen molar-refractivity contribution in [2.24, 2.45) is 7.05 Å². The number of halogens is 2. The highest BCUT2D eigenvalue weighted by molar-refractivity contribution is 14.2. The Kier molecular flexibility index (Phi) is 8.49. The normalized spacial score (nSPS) is 11.7. The van der Waals surface area contributed by atoms with E-state index >= 15 is 0 Å². The van der Waals surface area contributed by atoms with Crippen LogP contribution in [0.2, 0.25) is 0 Å². The molecule has 120 valence electrons. The van der Waals surface area contributed by atoms with Gasteiger partial charge in [-0.2, -0.15) is 1.33 Å². The number of benzene rings is 1. The number of nitrogens with zero attached hydrogens (tertiary/aromatic N) is 3. The van der Waals surface area contributed by atoms with Gasteiger partial charge in [-0.15, -0.1) is 12.6 Å². The fourth-order valence-electron chi connectivity index (χ4n) is 1.45. The molecule has 0 bridgehead atoms. The number of phenols is 1. The molecule has 2 aromatic rings. The summed E-state index contributed by atoms with van der Waals surface area (Å²) in [6.07, 6.45) is 3.98. The molecule has 1 heterocycles. The van der Waals surface area contributed by atoms with Crippen LogP contribution < -0.4 is 0 Å². The lowest BCUT2D eigenvalue weighted by atomic mass is 10.1. The maximum atomic E-state index is 10.9. The third-order valence-corrected chi connectivity index (χ3v) is 4.46. The molecule has 2 N–H and O–H groups in total. The molecule has 1 unspecified atom stereocenters. The molecule has 1 aromatic carbocycles. The molecule has 22 heavy (non-hydrogen) atoms. The van der Waals surface area contributed by atoms with E-state index in [2.05, 4.69) is 17.6 Å². The van der Waals surface area contributed by atoms with E-state index in [0.29, 0.717) is 6.42 Å². The lowest BCUT2D eigenvalue weighted by Gasteiger charge is -2.15. The minimum absolute atomic E-state index is 0.187. The van der Waals surface area contributed by atoms with Crippen LogP contribution in [-0.4, -0.2) is 33.1 Å².